The molecule has 0 radical (unpaired) electrons. The molecule has 5 nitrogen and oxygen atoms in total. The topological polar surface area (TPSA) is 76.5 Å². The van der Waals surface area contributed by atoms with Gasteiger partial charge in [0.25, 0.3) is 0 Å². The molecule has 0 saturated carbocycles. The van der Waals surface area contributed by atoms with Crippen molar-refractivity contribution in [3.63, 3.8) is 0 Å². The van der Waals surface area contributed by atoms with Crippen molar-refractivity contribution in [2.45, 2.75) is 20.0 Å². The Morgan fingerprint density at radius 2 is 2.00 bits per heavy atom. The van der Waals surface area contributed by atoms with Gasteiger partial charge in [0.1, 0.15) is 16.8 Å². The second kappa shape index (κ2) is 5.03. The Kier molecular flexibility index (Phi) is 3.59. The largest absolute Gasteiger partial charge is 0.433 e. The minimum atomic E-state index is -1.05. The fourth-order valence-electron chi connectivity index (χ4n) is 1.84. The number of aryl methyl sites for hydroxylation is 2. The van der Waals surface area contributed by atoms with Gasteiger partial charge in [-0.25, -0.2) is 0 Å². The molecule has 2 aromatic rings. The minimum absolute atomic E-state index is 0.136. The van der Waals surface area contributed by atoms with Gasteiger partial charge in [-0.3, -0.25) is 10.1 Å². The van der Waals surface area contributed by atoms with Gasteiger partial charge in [0, 0.05) is 5.02 Å². The van der Waals surface area contributed by atoms with Gasteiger partial charge in [-0.05, 0) is 42.7 Å². The zero-order valence-electron chi connectivity index (χ0n) is 10.4. The number of nitrogens with zero attached hydrogens (tertiary/aromatic N) is 1. The Morgan fingerprint density at radius 3 is 2.58 bits per heavy atom. The summed E-state index contributed by atoms with van der Waals surface area (Å²) in [5.41, 5.74) is 2.23. The van der Waals surface area contributed by atoms with Gasteiger partial charge in [-0.15, -0.1) is 0 Å². The number of nitro groups is 1. The Hall–Kier alpha value is -1.85. The van der Waals surface area contributed by atoms with E-state index in [-0.39, 0.29) is 5.76 Å². The molecule has 1 atom stereocenters. The molecular weight excluding hydrogens is 270 g/mol. The molecule has 0 bridgehead atoms. The van der Waals surface area contributed by atoms with E-state index in [9.17, 15) is 15.2 Å². The van der Waals surface area contributed by atoms with Crippen LogP contribution in [0.5, 0.6) is 0 Å². The highest BCUT2D eigenvalue weighted by atomic mass is 35.5. The van der Waals surface area contributed by atoms with Crippen LogP contribution in [0.1, 0.15) is 28.6 Å². The van der Waals surface area contributed by atoms with Crippen LogP contribution in [0.25, 0.3) is 0 Å². The maximum Gasteiger partial charge on any atom is 0.433 e. The van der Waals surface area contributed by atoms with Crippen LogP contribution in [0.4, 0.5) is 5.88 Å². The van der Waals surface area contributed by atoms with Gasteiger partial charge in [-0.1, -0.05) is 17.7 Å². The summed E-state index contributed by atoms with van der Waals surface area (Å²) >= 11 is 5.99. The number of aliphatic hydroxyl groups excluding tert-OH is 1. The molecule has 0 amide bonds. The lowest BCUT2D eigenvalue weighted by atomic mass is 9.99. The molecule has 1 aromatic carbocycles. The molecular formula is C13H12ClNO4. The van der Waals surface area contributed by atoms with E-state index in [1.165, 1.54) is 12.1 Å². The molecule has 1 N–H and O–H groups in total. The Bertz CT molecular complexity index is 636. The molecule has 100 valence electrons. The van der Waals surface area contributed by atoms with E-state index in [2.05, 4.69) is 0 Å². The Morgan fingerprint density at radius 1 is 1.32 bits per heavy atom. The molecule has 0 aliphatic heterocycles. The third kappa shape index (κ3) is 2.62. The van der Waals surface area contributed by atoms with Crippen LogP contribution in [-0.2, 0) is 0 Å². The van der Waals surface area contributed by atoms with E-state index >= 15 is 0 Å². The normalized spacial score (nSPS) is 12.4. The fourth-order valence-corrected chi connectivity index (χ4v) is 2.06. The molecule has 6 heteroatoms. The number of rotatable bonds is 3. The van der Waals surface area contributed by atoms with Gasteiger partial charge < -0.3 is 9.52 Å². The molecule has 0 fully saturated rings. The summed E-state index contributed by atoms with van der Waals surface area (Å²) in [7, 11) is 0. The predicted molar refractivity (Wildman–Crippen MR) is 70.4 cm³/mol. The number of hydrogen-bond donors (Lipinski definition) is 1. The van der Waals surface area contributed by atoms with E-state index < -0.39 is 16.9 Å². The van der Waals surface area contributed by atoms with Crippen molar-refractivity contribution in [3.05, 3.63) is 61.9 Å². The summed E-state index contributed by atoms with van der Waals surface area (Å²) in [6.07, 6.45) is -1.05. The molecule has 1 aromatic heterocycles. The molecule has 0 spiro atoms. The second-order valence-electron chi connectivity index (χ2n) is 4.29. The third-order valence-corrected chi connectivity index (χ3v) is 3.31. The van der Waals surface area contributed by atoms with Crippen LogP contribution in [-0.4, -0.2) is 10.0 Å². The van der Waals surface area contributed by atoms with Crippen molar-refractivity contribution >= 4 is 17.5 Å². The quantitative estimate of drug-likeness (QED) is 0.689. The van der Waals surface area contributed by atoms with E-state index in [0.29, 0.717) is 10.6 Å². The van der Waals surface area contributed by atoms with Gasteiger partial charge in [-0.2, -0.15) is 0 Å². The van der Waals surface area contributed by atoms with E-state index in [4.69, 9.17) is 16.0 Å². The number of halogens is 1. The molecule has 19 heavy (non-hydrogen) atoms. The predicted octanol–water partition coefficient (Wildman–Crippen LogP) is 3.54. The molecule has 1 heterocycles. The second-order valence-corrected chi connectivity index (χ2v) is 4.70. The van der Waals surface area contributed by atoms with Gasteiger partial charge in [0.05, 0.1) is 6.07 Å². The standard InChI is InChI=1S/C13H12ClNO4/c1-7-6-10(14)8(2)5-9(7)13(16)11-3-4-12(19-11)15(17)18/h3-6,13,16H,1-2H3. The van der Waals surface area contributed by atoms with Crippen LogP contribution < -0.4 is 0 Å². The SMILES string of the molecule is Cc1cc(C(O)c2ccc([N+](=O)[O-])o2)c(C)cc1Cl. The monoisotopic (exact) mass is 281 g/mol. The lowest BCUT2D eigenvalue weighted by Gasteiger charge is -2.13. The summed E-state index contributed by atoms with van der Waals surface area (Å²) in [5, 5.41) is 21.4. The maximum atomic E-state index is 10.6. The van der Waals surface area contributed by atoms with Crippen LogP contribution in [0.15, 0.2) is 28.7 Å². The van der Waals surface area contributed by atoms with E-state index in [0.717, 1.165) is 11.1 Å². The number of furan rings is 1. The smallest absolute Gasteiger partial charge is 0.403 e. The summed E-state index contributed by atoms with van der Waals surface area (Å²) in [4.78, 5) is 9.91. The first-order valence-corrected chi connectivity index (χ1v) is 5.96. The van der Waals surface area contributed by atoms with Crippen molar-refractivity contribution in [2.24, 2.45) is 0 Å². The average Bonchev–Trinajstić information content (AvgIpc) is 2.82. The average molecular weight is 282 g/mol. The van der Waals surface area contributed by atoms with Gasteiger partial charge in [0.2, 0.25) is 0 Å². The molecule has 2 rings (SSSR count). The Labute approximate surface area is 114 Å². The minimum Gasteiger partial charge on any atom is -0.403 e. The maximum absolute atomic E-state index is 10.6. The van der Waals surface area contributed by atoms with Crippen LogP contribution >= 0.6 is 11.6 Å². The summed E-state index contributed by atoms with van der Waals surface area (Å²) in [6, 6.07) is 6.10. The van der Waals surface area contributed by atoms with E-state index in [1.54, 1.807) is 19.1 Å². The lowest BCUT2D eigenvalue weighted by Crippen LogP contribution is -2.01. The van der Waals surface area contributed by atoms with Crippen molar-refractivity contribution < 1.29 is 14.4 Å². The first-order valence-electron chi connectivity index (χ1n) is 5.59. The zero-order chi connectivity index (χ0) is 14.2. The van der Waals surface area contributed by atoms with Crippen molar-refractivity contribution in [1.82, 2.24) is 0 Å². The van der Waals surface area contributed by atoms with Crippen molar-refractivity contribution in [2.75, 3.05) is 0 Å². The molecule has 0 aliphatic carbocycles. The highest BCUT2D eigenvalue weighted by molar-refractivity contribution is 6.31. The first-order chi connectivity index (χ1) is 8.90. The lowest BCUT2D eigenvalue weighted by molar-refractivity contribution is -0.402. The van der Waals surface area contributed by atoms with Gasteiger partial charge in [0.15, 0.2) is 0 Å². The summed E-state index contributed by atoms with van der Waals surface area (Å²) < 4.78 is 5.00. The summed E-state index contributed by atoms with van der Waals surface area (Å²) in [5.74, 6) is -0.256. The third-order valence-electron chi connectivity index (χ3n) is 2.90. The van der Waals surface area contributed by atoms with Crippen LogP contribution in [0.2, 0.25) is 5.02 Å². The highest BCUT2D eigenvalue weighted by Crippen LogP contribution is 2.31. The Balaban J connectivity index is 2.40. The number of hydrogen-bond acceptors (Lipinski definition) is 4. The number of aliphatic hydroxyl groups is 1. The fraction of sp³-hybridized carbons (Fsp3) is 0.231. The molecule has 0 saturated heterocycles. The van der Waals surface area contributed by atoms with Crippen LogP contribution in [0.3, 0.4) is 0 Å². The molecule has 0 aliphatic rings. The van der Waals surface area contributed by atoms with Gasteiger partial charge >= 0.3 is 5.88 Å². The molecule has 1 unspecified atom stereocenters. The number of benzene rings is 1. The van der Waals surface area contributed by atoms with Crippen molar-refractivity contribution in [3.8, 4) is 0 Å². The van der Waals surface area contributed by atoms with Crippen molar-refractivity contribution in [1.29, 1.82) is 0 Å². The van der Waals surface area contributed by atoms with E-state index in [1.807, 2.05) is 6.92 Å². The highest BCUT2D eigenvalue weighted by Gasteiger charge is 2.21. The van der Waals surface area contributed by atoms with Crippen LogP contribution in [0, 0.1) is 24.0 Å². The first kappa shape index (κ1) is 13.6. The summed E-state index contributed by atoms with van der Waals surface area (Å²) in [6.45, 7) is 3.63. The zero-order valence-corrected chi connectivity index (χ0v) is 11.1.